The molecular weight excluding hydrogens is 398 g/mol. The maximum Gasteiger partial charge on any atom is 0.233 e. The predicted octanol–water partition coefficient (Wildman–Crippen LogP) is 3.29. The van der Waals surface area contributed by atoms with Crippen molar-refractivity contribution in [2.24, 2.45) is 0 Å². The molecule has 4 rings (SSSR count). The summed E-state index contributed by atoms with van der Waals surface area (Å²) >= 11 is 1.50. The van der Waals surface area contributed by atoms with E-state index in [0.717, 1.165) is 41.7 Å². The van der Waals surface area contributed by atoms with Crippen molar-refractivity contribution in [2.75, 3.05) is 37.9 Å². The highest BCUT2D eigenvalue weighted by Crippen LogP contribution is 2.38. The van der Waals surface area contributed by atoms with Crippen molar-refractivity contribution in [2.45, 2.75) is 56.5 Å². The monoisotopic (exact) mass is 429 g/mol. The minimum atomic E-state index is 0.121. The van der Waals surface area contributed by atoms with Crippen LogP contribution in [0.1, 0.15) is 43.1 Å². The first-order chi connectivity index (χ1) is 14.5. The summed E-state index contributed by atoms with van der Waals surface area (Å²) in [5.74, 6) is 1.42. The van der Waals surface area contributed by atoms with Gasteiger partial charge in [0.2, 0.25) is 5.91 Å². The first-order valence-electron chi connectivity index (χ1n) is 10.7. The van der Waals surface area contributed by atoms with E-state index in [0.29, 0.717) is 24.9 Å². The zero-order valence-electron chi connectivity index (χ0n) is 18.1. The van der Waals surface area contributed by atoms with Crippen molar-refractivity contribution >= 4 is 23.4 Å². The topological polar surface area (TPSA) is 63.5 Å². The van der Waals surface area contributed by atoms with Gasteiger partial charge in [-0.05, 0) is 50.3 Å². The zero-order valence-corrected chi connectivity index (χ0v) is 18.9. The largest absolute Gasteiger partial charge is 0.378 e. The number of carbonyl (C=O) groups is 1. The Labute approximate surface area is 182 Å². The number of ether oxygens (including phenoxy) is 1. The highest BCUT2D eigenvalue weighted by molar-refractivity contribution is 7.99. The van der Waals surface area contributed by atoms with Gasteiger partial charge in [-0.3, -0.25) is 4.79 Å². The van der Waals surface area contributed by atoms with E-state index in [9.17, 15) is 4.79 Å². The van der Waals surface area contributed by atoms with Crippen molar-refractivity contribution < 1.29 is 9.53 Å². The maximum atomic E-state index is 13.2. The van der Waals surface area contributed by atoms with Crippen molar-refractivity contribution in [1.29, 1.82) is 0 Å². The van der Waals surface area contributed by atoms with Gasteiger partial charge in [0.15, 0.2) is 5.16 Å². The van der Waals surface area contributed by atoms with E-state index in [-0.39, 0.29) is 12.0 Å². The minimum absolute atomic E-state index is 0.121. The fraction of sp³-hybridized carbons (Fsp3) is 0.591. The van der Waals surface area contributed by atoms with Crippen LogP contribution >= 0.6 is 11.8 Å². The summed E-state index contributed by atoms with van der Waals surface area (Å²) in [6, 6.07) is 8.91. The predicted molar refractivity (Wildman–Crippen MR) is 119 cm³/mol. The Bertz CT molecular complexity index is 857. The summed E-state index contributed by atoms with van der Waals surface area (Å²) in [7, 11) is 4.06. The molecule has 0 bridgehead atoms. The fourth-order valence-corrected chi connectivity index (χ4v) is 4.78. The number of amides is 1. The average molecular weight is 430 g/mol. The fourth-order valence-electron chi connectivity index (χ4n) is 3.83. The Morgan fingerprint density at radius 1 is 1.20 bits per heavy atom. The van der Waals surface area contributed by atoms with E-state index < -0.39 is 0 Å². The lowest BCUT2D eigenvalue weighted by molar-refractivity contribution is -0.130. The van der Waals surface area contributed by atoms with Crippen LogP contribution in [0, 0.1) is 6.92 Å². The van der Waals surface area contributed by atoms with Crippen LogP contribution in [0.2, 0.25) is 0 Å². The molecule has 2 aliphatic rings. The Hall–Kier alpha value is -2.06. The molecule has 2 fully saturated rings. The van der Waals surface area contributed by atoms with Gasteiger partial charge >= 0.3 is 0 Å². The molecule has 0 N–H and O–H groups in total. The number of nitrogens with zero attached hydrogens (tertiary/aromatic N) is 5. The molecule has 0 spiro atoms. The second-order valence-corrected chi connectivity index (χ2v) is 9.33. The Balaban J connectivity index is 1.42. The normalized spacial score (nSPS) is 18.6. The molecule has 1 aliphatic heterocycles. The summed E-state index contributed by atoms with van der Waals surface area (Å²) in [4.78, 5) is 17.2. The molecule has 2 aromatic rings. The van der Waals surface area contributed by atoms with Crippen LogP contribution in [0.4, 0.5) is 5.69 Å². The molecule has 1 aliphatic carbocycles. The second kappa shape index (κ2) is 9.39. The molecule has 8 heteroatoms. The SMILES string of the molecule is Cc1nnc(SCC(=O)N(Cc2ccc(N(C)C)cc2)C[C@@H]2CCCO2)n1C1CC1. The molecule has 0 radical (unpaired) electrons. The molecule has 1 atom stereocenters. The third-order valence-electron chi connectivity index (χ3n) is 5.70. The summed E-state index contributed by atoms with van der Waals surface area (Å²) in [6.07, 6.45) is 4.58. The molecular formula is C22H31N5O2S. The van der Waals surface area contributed by atoms with Gasteiger partial charge in [0, 0.05) is 45.5 Å². The van der Waals surface area contributed by atoms with Crippen molar-refractivity contribution in [3.63, 3.8) is 0 Å². The van der Waals surface area contributed by atoms with Gasteiger partial charge in [0.25, 0.3) is 0 Å². The molecule has 1 amide bonds. The van der Waals surface area contributed by atoms with E-state index in [1.807, 2.05) is 25.9 Å². The summed E-state index contributed by atoms with van der Waals surface area (Å²) < 4.78 is 8.00. The molecule has 30 heavy (non-hydrogen) atoms. The van der Waals surface area contributed by atoms with E-state index in [2.05, 4.69) is 43.9 Å². The highest BCUT2D eigenvalue weighted by Gasteiger charge is 2.29. The van der Waals surface area contributed by atoms with E-state index in [1.165, 1.54) is 24.6 Å². The van der Waals surface area contributed by atoms with Crippen LogP contribution in [-0.2, 0) is 16.1 Å². The number of aromatic nitrogens is 3. The van der Waals surface area contributed by atoms with Gasteiger partial charge in [-0.1, -0.05) is 23.9 Å². The lowest BCUT2D eigenvalue weighted by Crippen LogP contribution is -2.38. The van der Waals surface area contributed by atoms with Crippen molar-refractivity contribution in [3.8, 4) is 0 Å². The first-order valence-corrected chi connectivity index (χ1v) is 11.7. The molecule has 1 aromatic carbocycles. The summed E-state index contributed by atoms with van der Waals surface area (Å²) in [6.45, 7) is 4.02. The van der Waals surface area contributed by atoms with Crippen molar-refractivity contribution in [1.82, 2.24) is 19.7 Å². The molecule has 1 aromatic heterocycles. The number of aryl methyl sites for hydroxylation is 1. The lowest BCUT2D eigenvalue weighted by atomic mass is 10.1. The van der Waals surface area contributed by atoms with Gasteiger partial charge in [-0.2, -0.15) is 0 Å². The van der Waals surface area contributed by atoms with Gasteiger partial charge in [0.1, 0.15) is 5.82 Å². The van der Waals surface area contributed by atoms with Crippen LogP contribution in [0.3, 0.4) is 0 Å². The quantitative estimate of drug-likeness (QED) is 0.570. The number of benzene rings is 1. The third-order valence-corrected chi connectivity index (χ3v) is 6.63. The number of carbonyl (C=O) groups excluding carboxylic acids is 1. The Morgan fingerprint density at radius 3 is 2.60 bits per heavy atom. The van der Waals surface area contributed by atoms with E-state index in [1.54, 1.807) is 0 Å². The van der Waals surface area contributed by atoms with Crippen LogP contribution in [0.5, 0.6) is 0 Å². The lowest BCUT2D eigenvalue weighted by Gasteiger charge is -2.26. The van der Waals surface area contributed by atoms with Crippen molar-refractivity contribution in [3.05, 3.63) is 35.7 Å². The molecule has 0 unspecified atom stereocenters. The molecule has 1 saturated heterocycles. The van der Waals surface area contributed by atoms with Crippen LogP contribution < -0.4 is 4.90 Å². The smallest absolute Gasteiger partial charge is 0.233 e. The van der Waals surface area contributed by atoms with E-state index >= 15 is 0 Å². The Kier molecular flexibility index (Phi) is 6.63. The van der Waals surface area contributed by atoms with Crippen LogP contribution in [-0.4, -0.2) is 64.7 Å². The molecule has 2 heterocycles. The maximum absolute atomic E-state index is 13.2. The highest BCUT2D eigenvalue weighted by atomic mass is 32.2. The summed E-state index contributed by atoms with van der Waals surface area (Å²) in [5, 5.41) is 9.37. The van der Waals surface area contributed by atoms with Crippen LogP contribution in [0.25, 0.3) is 0 Å². The minimum Gasteiger partial charge on any atom is -0.378 e. The third kappa shape index (κ3) is 5.16. The molecule has 162 valence electrons. The number of rotatable bonds is 9. The second-order valence-electron chi connectivity index (χ2n) is 8.39. The standard InChI is InChI=1S/C22H31N5O2S/c1-16-23-24-22(27(16)19-10-11-19)30-15-21(28)26(14-20-5-4-12-29-20)13-17-6-8-18(9-7-17)25(2)3/h6-9,19-20H,4-5,10-15H2,1-3H3/t20-/m0/s1. The molecule has 1 saturated carbocycles. The van der Waals surface area contributed by atoms with E-state index in [4.69, 9.17) is 4.74 Å². The average Bonchev–Trinajstić information content (AvgIpc) is 3.30. The number of thioether (sulfide) groups is 1. The van der Waals surface area contributed by atoms with Crippen LogP contribution in [0.15, 0.2) is 29.4 Å². The zero-order chi connectivity index (χ0) is 21.1. The molecule has 7 nitrogen and oxygen atoms in total. The Morgan fingerprint density at radius 2 is 1.97 bits per heavy atom. The van der Waals surface area contributed by atoms with Gasteiger partial charge in [-0.25, -0.2) is 0 Å². The number of hydrogen-bond donors (Lipinski definition) is 0. The number of anilines is 1. The first kappa shape index (κ1) is 21.2. The van der Waals surface area contributed by atoms with Gasteiger partial charge in [-0.15, -0.1) is 10.2 Å². The number of hydrogen-bond acceptors (Lipinski definition) is 6. The van der Waals surface area contributed by atoms with Gasteiger partial charge < -0.3 is 19.1 Å². The summed E-state index contributed by atoms with van der Waals surface area (Å²) in [5.41, 5.74) is 2.29. The van der Waals surface area contributed by atoms with Gasteiger partial charge in [0.05, 0.1) is 11.9 Å².